The third-order valence-corrected chi connectivity index (χ3v) is 6.22. The van der Waals surface area contributed by atoms with Crippen LogP contribution in [0.15, 0.2) is 28.4 Å². The summed E-state index contributed by atoms with van der Waals surface area (Å²) in [4.78, 5) is 24.8. The first-order valence-electron chi connectivity index (χ1n) is 8.85. The first-order valence-corrected chi connectivity index (χ1v) is 9.73. The van der Waals surface area contributed by atoms with Crippen molar-refractivity contribution in [1.82, 2.24) is 5.32 Å². The topological polar surface area (TPSA) is 94.4 Å². The van der Waals surface area contributed by atoms with E-state index >= 15 is 0 Å². The standard InChI is InChI=1S/C19H24N4O3S/c1-11-9-19(2,3)23(4)14-6-5-12(7-13(11)14)10-20-22-18-21-17(26)15(27-18)8-16(24)25/h5-7,10-11,15H,8-9H2,1-4H3,(H,24,25)(H,21,22,26). The van der Waals surface area contributed by atoms with Gasteiger partial charge in [-0.2, -0.15) is 5.10 Å². The van der Waals surface area contributed by atoms with E-state index in [1.807, 2.05) is 6.07 Å². The molecule has 1 amide bonds. The first-order chi connectivity index (χ1) is 12.7. The zero-order valence-electron chi connectivity index (χ0n) is 15.9. The number of anilines is 1. The molecular weight excluding hydrogens is 364 g/mol. The molecule has 0 radical (unpaired) electrons. The van der Waals surface area contributed by atoms with Gasteiger partial charge in [0, 0.05) is 18.3 Å². The molecule has 2 N–H and O–H groups in total. The lowest BCUT2D eigenvalue weighted by Gasteiger charge is -2.45. The molecule has 1 aromatic rings. The predicted molar refractivity (Wildman–Crippen MR) is 109 cm³/mol. The van der Waals surface area contributed by atoms with Crippen LogP contribution in [0.3, 0.4) is 0 Å². The summed E-state index contributed by atoms with van der Waals surface area (Å²) >= 11 is 1.09. The fraction of sp³-hybridized carbons (Fsp3) is 0.474. The van der Waals surface area contributed by atoms with Gasteiger partial charge in [0.25, 0.3) is 0 Å². The maximum absolute atomic E-state index is 11.7. The Kier molecular flexibility index (Phi) is 5.28. The van der Waals surface area contributed by atoms with E-state index in [2.05, 4.69) is 60.4 Å². The minimum atomic E-state index is -1.01. The van der Waals surface area contributed by atoms with E-state index in [0.717, 1.165) is 23.7 Å². The Morgan fingerprint density at radius 2 is 2.22 bits per heavy atom. The van der Waals surface area contributed by atoms with Gasteiger partial charge in [0.2, 0.25) is 5.91 Å². The van der Waals surface area contributed by atoms with Gasteiger partial charge in [-0.1, -0.05) is 24.8 Å². The third-order valence-electron chi connectivity index (χ3n) is 5.15. The number of fused-ring (bicyclic) bond motifs is 1. The van der Waals surface area contributed by atoms with Crippen LogP contribution in [0, 0.1) is 0 Å². The van der Waals surface area contributed by atoms with Crippen LogP contribution in [0.25, 0.3) is 0 Å². The molecule has 1 fully saturated rings. The van der Waals surface area contributed by atoms with Crippen molar-refractivity contribution in [3.8, 4) is 0 Å². The van der Waals surface area contributed by atoms with Gasteiger partial charge in [0.1, 0.15) is 5.25 Å². The lowest BCUT2D eigenvalue weighted by atomic mass is 9.80. The lowest BCUT2D eigenvalue weighted by molar-refractivity contribution is -0.138. The number of nitrogens with zero attached hydrogens (tertiary/aromatic N) is 3. The second kappa shape index (κ2) is 7.34. The number of benzene rings is 1. The molecule has 3 rings (SSSR count). The Labute approximate surface area is 162 Å². The van der Waals surface area contributed by atoms with Crippen LogP contribution < -0.4 is 10.2 Å². The number of hydrogen-bond acceptors (Lipinski definition) is 6. The number of carbonyl (C=O) groups is 2. The number of amidine groups is 1. The number of amides is 1. The summed E-state index contributed by atoms with van der Waals surface area (Å²) in [6.07, 6.45) is 2.50. The summed E-state index contributed by atoms with van der Waals surface area (Å²) in [5, 5.41) is 19.1. The van der Waals surface area contributed by atoms with Crippen LogP contribution in [0.5, 0.6) is 0 Å². The molecule has 2 unspecified atom stereocenters. The molecule has 144 valence electrons. The van der Waals surface area contributed by atoms with E-state index in [1.165, 1.54) is 11.3 Å². The number of rotatable bonds is 4. The summed E-state index contributed by atoms with van der Waals surface area (Å²) in [6.45, 7) is 6.74. The van der Waals surface area contributed by atoms with Gasteiger partial charge in [-0.25, -0.2) is 0 Å². The van der Waals surface area contributed by atoms with E-state index in [0.29, 0.717) is 11.1 Å². The predicted octanol–water partition coefficient (Wildman–Crippen LogP) is 2.80. The van der Waals surface area contributed by atoms with Crippen molar-refractivity contribution >= 4 is 40.7 Å². The molecule has 27 heavy (non-hydrogen) atoms. The second-order valence-electron chi connectivity index (χ2n) is 7.64. The molecule has 0 bridgehead atoms. The van der Waals surface area contributed by atoms with E-state index in [1.54, 1.807) is 6.21 Å². The van der Waals surface area contributed by atoms with Gasteiger partial charge < -0.3 is 15.3 Å². The number of nitrogens with one attached hydrogen (secondary N) is 1. The smallest absolute Gasteiger partial charge is 0.305 e. The molecule has 2 aliphatic heterocycles. The van der Waals surface area contributed by atoms with E-state index in [9.17, 15) is 9.59 Å². The van der Waals surface area contributed by atoms with Crippen molar-refractivity contribution in [3.05, 3.63) is 29.3 Å². The number of carbonyl (C=O) groups excluding carboxylic acids is 1. The van der Waals surface area contributed by atoms with Crippen molar-refractivity contribution in [1.29, 1.82) is 0 Å². The van der Waals surface area contributed by atoms with Gasteiger partial charge in [-0.15, -0.1) is 5.10 Å². The summed E-state index contributed by atoms with van der Waals surface area (Å²) in [7, 11) is 2.12. The molecule has 0 spiro atoms. The molecule has 2 atom stereocenters. The zero-order chi connectivity index (χ0) is 19.8. The average molecular weight is 388 g/mol. The van der Waals surface area contributed by atoms with Crippen molar-refractivity contribution in [3.63, 3.8) is 0 Å². The average Bonchev–Trinajstić information content (AvgIpc) is 2.91. The minimum Gasteiger partial charge on any atom is -0.481 e. The van der Waals surface area contributed by atoms with E-state index in [-0.39, 0.29) is 17.9 Å². The Bertz CT molecular complexity index is 834. The molecule has 1 saturated heterocycles. The first kappa shape index (κ1) is 19.4. The van der Waals surface area contributed by atoms with Crippen molar-refractivity contribution in [2.75, 3.05) is 11.9 Å². The Balaban J connectivity index is 1.73. The van der Waals surface area contributed by atoms with Gasteiger partial charge >= 0.3 is 5.97 Å². The van der Waals surface area contributed by atoms with Crippen LogP contribution in [-0.4, -0.2) is 46.2 Å². The Hall–Kier alpha value is -2.35. The van der Waals surface area contributed by atoms with Crippen LogP contribution in [0.4, 0.5) is 5.69 Å². The van der Waals surface area contributed by atoms with Crippen LogP contribution >= 0.6 is 11.8 Å². The van der Waals surface area contributed by atoms with Crippen molar-refractivity contribution < 1.29 is 14.7 Å². The minimum absolute atomic E-state index is 0.123. The molecular formula is C19H24N4O3S. The number of aliphatic carboxylic acids is 1. The fourth-order valence-electron chi connectivity index (χ4n) is 3.57. The summed E-state index contributed by atoms with van der Waals surface area (Å²) in [5.74, 6) is -0.902. The third kappa shape index (κ3) is 4.16. The van der Waals surface area contributed by atoms with Crippen molar-refractivity contribution in [2.45, 2.75) is 50.3 Å². The highest BCUT2D eigenvalue weighted by atomic mass is 32.2. The molecule has 0 aromatic heterocycles. The molecule has 8 heteroatoms. The van der Waals surface area contributed by atoms with Gasteiger partial charge in [-0.05, 0) is 49.4 Å². The molecule has 2 heterocycles. The fourth-order valence-corrected chi connectivity index (χ4v) is 4.48. The van der Waals surface area contributed by atoms with Crippen molar-refractivity contribution in [2.24, 2.45) is 10.2 Å². The maximum Gasteiger partial charge on any atom is 0.305 e. The van der Waals surface area contributed by atoms with Gasteiger partial charge in [0.05, 0.1) is 12.6 Å². The number of carboxylic acid groups (broad SMARTS) is 1. The largest absolute Gasteiger partial charge is 0.481 e. The number of carboxylic acids is 1. The number of thioether (sulfide) groups is 1. The van der Waals surface area contributed by atoms with Crippen LogP contribution in [0.1, 0.15) is 50.7 Å². The van der Waals surface area contributed by atoms with Crippen LogP contribution in [0.2, 0.25) is 0 Å². The summed E-state index contributed by atoms with van der Waals surface area (Å²) in [5.41, 5.74) is 3.59. The normalized spacial score (nSPS) is 25.7. The molecule has 1 aromatic carbocycles. The zero-order valence-corrected chi connectivity index (χ0v) is 16.7. The Morgan fingerprint density at radius 1 is 1.48 bits per heavy atom. The van der Waals surface area contributed by atoms with E-state index < -0.39 is 11.2 Å². The molecule has 0 saturated carbocycles. The van der Waals surface area contributed by atoms with E-state index in [4.69, 9.17) is 5.11 Å². The highest BCUT2D eigenvalue weighted by molar-refractivity contribution is 8.15. The lowest BCUT2D eigenvalue weighted by Crippen LogP contribution is -2.45. The summed E-state index contributed by atoms with van der Waals surface area (Å²) in [6, 6.07) is 6.24. The monoisotopic (exact) mass is 388 g/mol. The quantitative estimate of drug-likeness (QED) is 0.611. The second-order valence-corrected chi connectivity index (χ2v) is 8.83. The molecule has 7 nitrogen and oxygen atoms in total. The highest BCUT2D eigenvalue weighted by Gasteiger charge is 2.34. The molecule has 2 aliphatic rings. The maximum atomic E-state index is 11.7. The highest BCUT2D eigenvalue weighted by Crippen LogP contribution is 2.42. The summed E-state index contributed by atoms with van der Waals surface area (Å²) < 4.78 is 0. The number of hydrogen-bond donors (Lipinski definition) is 2. The Morgan fingerprint density at radius 3 is 2.93 bits per heavy atom. The van der Waals surface area contributed by atoms with Gasteiger partial charge in [-0.3, -0.25) is 9.59 Å². The van der Waals surface area contributed by atoms with Crippen LogP contribution in [-0.2, 0) is 9.59 Å². The SMILES string of the molecule is CC1CC(C)(C)N(C)c2ccc(C=NN=C3NC(=O)C(CC(=O)O)S3)cc21. The van der Waals surface area contributed by atoms with Gasteiger partial charge in [0.15, 0.2) is 5.17 Å². The molecule has 0 aliphatic carbocycles.